The van der Waals surface area contributed by atoms with Gasteiger partial charge in [0.2, 0.25) is 0 Å². The van der Waals surface area contributed by atoms with E-state index in [4.69, 9.17) is 10.9 Å². The maximum atomic E-state index is 11.1. The number of hydrogen-bond donors (Lipinski definition) is 2. The number of oxime groups is 1. The van der Waals surface area contributed by atoms with E-state index in [0.717, 1.165) is 10.0 Å². The molecule has 0 aliphatic rings. The third-order valence-electron chi connectivity index (χ3n) is 2.35. The van der Waals surface area contributed by atoms with Crippen LogP contribution in [0.4, 0.5) is 5.69 Å². The molecule has 0 aliphatic heterocycles. The molecule has 9 heteroatoms. The molecule has 1 aromatic heterocycles. The van der Waals surface area contributed by atoms with Crippen molar-refractivity contribution in [2.24, 2.45) is 10.9 Å². The lowest BCUT2D eigenvalue weighted by Crippen LogP contribution is -2.13. The summed E-state index contributed by atoms with van der Waals surface area (Å²) in [6, 6.07) is 4.40. The number of amidine groups is 1. The number of rotatable bonds is 4. The first-order chi connectivity index (χ1) is 9.51. The average molecular weight is 310 g/mol. The largest absolute Gasteiger partial charge is 0.409 e. The zero-order valence-electron chi connectivity index (χ0n) is 10.3. The second-order valence-electron chi connectivity index (χ2n) is 3.78. The zero-order valence-corrected chi connectivity index (χ0v) is 11.9. The van der Waals surface area contributed by atoms with Crippen LogP contribution in [-0.4, -0.2) is 21.0 Å². The van der Waals surface area contributed by atoms with Crippen molar-refractivity contribution < 1.29 is 10.1 Å². The highest BCUT2D eigenvalue weighted by molar-refractivity contribution is 8.01. The van der Waals surface area contributed by atoms with Crippen molar-refractivity contribution in [1.82, 2.24) is 4.98 Å². The lowest BCUT2D eigenvalue weighted by molar-refractivity contribution is -0.387. The minimum absolute atomic E-state index is 0.105. The minimum atomic E-state index is -0.503. The van der Waals surface area contributed by atoms with Gasteiger partial charge in [0.05, 0.1) is 9.82 Å². The average Bonchev–Trinajstić information content (AvgIpc) is 2.83. The fourth-order valence-corrected chi connectivity index (χ4v) is 3.32. The van der Waals surface area contributed by atoms with Gasteiger partial charge in [0.25, 0.3) is 5.69 Å². The molecule has 0 fully saturated rings. The van der Waals surface area contributed by atoms with Gasteiger partial charge in [-0.1, -0.05) is 16.9 Å². The van der Waals surface area contributed by atoms with Crippen LogP contribution in [0.15, 0.2) is 38.0 Å². The van der Waals surface area contributed by atoms with Crippen LogP contribution in [0.2, 0.25) is 0 Å². The summed E-state index contributed by atoms with van der Waals surface area (Å²) >= 11 is 2.63. The number of hydrogen-bond acceptors (Lipinski definition) is 7. The molecule has 0 radical (unpaired) electrons. The van der Waals surface area contributed by atoms with Gasteiger partial charge in [0.15, 0.2) is 10.2 Å². The van der Waals surface area contributed by atoms with E-state index in [2.05, 4.69) is 10.1 Å². The lowest BCUT2D eigenvalue weighted by atomic mass is 10.2. The van der Waals surface area contributed by atoms with Crippen molar-refractivity contribution in [2.45, 2.75) is 16.2 Å². The molecule has 2 rings (SSSR count). The van der Waals surface area contributed by atoms with Crippen LogP contribution in [0.25, 0.3) is 0 Å². The number of nitrogens with two attached hydrogens (primary N) is 1. The zero-order chi connectivity index (χ0) is 14.7. The van der Waals surface area contributed by atoms with Crippen molar-refractivity contribution in [1.29, 1.82) is 0 Å². The Morgan fingerprint density at radius 2 is 2.35 bits per heavy atom. The molecule has 0 unspecified atom stereocenters. The summed E-state index contributed by atoms with van der Waals surface area (Å²) in [4.78, 5) is 15.3. The smallest absolute Gasteiger partial charge is 0.284 e. The van der Waals surface area contributed by atoms with Crippen molar-refractivity contribution >= 4 is 34.6 Å². The fourth-order valence-electron chi connectivity index (χ4n) is 1.44. The van der Waals surface area contributed by atoms with E-state index in [1.54, 1.807) is 12.1 Å². The fraction of sp³-hybridized carbons (Fsp3) is 0.0909. The quantitative estimate of drug-likeness (QED) is 0.295. The molecule has 2 aromatic rings. The number of nitro benzene ring substituents is 1. The predicted molar refractivity (Wildman–Crippen MR) is 76.6 cm³/mol. The predicted octanol–water partition coefficient (Wildman–Crippen LogP) is 2.61. The van der Waals surface area contributed by atoms with Gasteiger partial charge in [-0.05, 0) is 19.1 Å². The number of thiazole rings is 1. The Kier molecular flexibility index (Phi) is 4.20. The number of nitro groups is 1. The van der Waals surface area contributed by atoms with E-state index in [-0.39, 0.29) is 11.5 Å². The summed E-state index contributed by atoms with van der Waals surface area (Å²) in [6.45, 7) is 1.86. The summed E-state index contributed by atoms with van der Waals surface area (Å²) < 4.78 is 0.724. The summed E-state index contributed by atoms with van der Waals surface area (Å²) in [5.74, 6) is -0.172. The molecular weight excluding hydrogens is 300 g/mol. The third kappa shape index (κ3) is 3.06. The Labute approximate surface area is 122 Å². The SMILES string of the molecule is Cc1csc(Sc2ccc(C(N)=NO)cc2[N+](=O)[O-])n1. The van der Waals surface area contributed by atoms with E-state index in [9.17, 15) is 10.1 Å². The molecule has 0 bridgehead atoms. The van der Waals surface area contributed by atoms with Crippen molar-refractivity contribution in [3.8, 4) is 0 Å². The van der Waals surface area contributed by atoms with Crippen molar-refractivity contribution in [3.05, 3.63) is 45.0 Å². The van der Waals surface area contributed by atoms with Crippen LogP contribution >= 0.6 is 23.1 Å². The van der Waals surface area contributed by atoms with Gasteiger partial charge in [-0.3, -0.25) is 10.1 Å². The van der Waals surface area contributed by atoms with E-state index in [1.165, 1.54) is 29.2 Å². The summed E-state index contributed by atoms with van der Waals surface area (Å²) in [7, 11) is 0. The van der Waals surface area contributed by atoms with Crippen molar-refractivity contribution in [2.75, 3.05) is 0 Å². The molecule has 1 heterocycles. The van der Waals surface area contributed by atoms with Gasteiger partial charge in [-0.15, -0.1) is 11.3 Å². The number of benzene rings is 1. The van der Waals surface area contributed by atoms with Gasteiger partial charge < -0.3 is 10.9 Å². The van der Waals surface area contributed by atoms with Crippen LogP contribution in [0.1, 0.15) is 11.3 Å². The van der Waals surface area contributed by atoms with Crippen LogP contribution < -0.4 is 5.73 Å². The van der Waals surface area contributed by atoms with Crippen LogP contribution in [0, 0.1) is 17.0 Å². The standard InChI is InChI=1S/C11H10N4O3S2/c1-6-5-19-11(13-6)20-9-3-2-7(10(12)14-16)4-8(9)15(17)18/h2-5,16H,1H3,(H2,12,14). The van der Waals surface area contributed by atoms with Gasteiger partial charge in [-0.2, -0.15) is 0 Å². The van der Waals surface area contributed by atoms with Gasteiger partial charge >= 0.3 is 0 Å². The summed E-state index contributed by atoms with van der Waals surface area (Å²) in [5, 5.41) is 24.4. The van der Waals surface area contributed by atoms with Gasteiger partial charge in [-0.25, -0.2) is 4.98 Å². The Hall–Kier alpha value is -2.13. The Balaban J connectivity index is 2.40. The number of nitrogens with zero attached hydrogens (tertiary/aromatic N) is 3. The molecular formula is C11H10N4O3S2. The Morgan fingerprint density at radius 1 is 1.60 bits per heavy atom. The molecule has 104 valence electrons. The Morgan fingerprint density at radius 3 is 2.90 bits per heavy atom. The maximum absolute atomic E-state index is 11.1. The molecule has 0 atom stereocenters. The van der Waals surface area contributed by atoms with Crippen LogP contribution in [-0.2, 0) is 0 Å². The van der Waals surface area contributed by atoms with E-state index < -0.39 is 4.92 Å². The van der Waals surface area contributed by atoms with E-state index in [1.807, 2.05) is 12.3 Å². The molecule has 3 N–H and O–H groups in total. The molecule has 0 saturated heterocycles. The van der Waals surface area contributed by atoms with Crippen molar-refractivity contribution in [3.63, 3.8) is 0 Å². The second kappa shape index (κ2) is 5.88. The lowest BCUT2D eigenvalue weighted by Gasteiger charge is -2.03. The normalized spacial score (nSPS) is 11.6. The second-order valence-corrected chi connectivity index (χ2v) is 5.93. The summed E-state index contributed by atoms with van der Waals surface area (Å²) in [6.07, 6.45) is 0. The first-order valence-electron chi connectivity index (χ1n) is 5.37. The first-order valence-corrected chi connectivity index (χ1v) is 7.07. The molecule has 0 saturated carbocycles. The monoisotopic (exact) mass is 310 g/mol. The first kappa shape index (κ1) is 14.3. The van der Waals surface area contributed by atoms with Gasteiger partial charge in [0.1, 0.15) is 0 Å². The summed E-state index contributed by atoms with van der Waals surface area (Å²) in [5.41, 5.74) is 6.48. The number of aryl methyl sites for hydroxylation is 1. The highest BCUT2D eigenvalue weighted by atomic mass is 32.2. The highest BCUT2D eigenvalue weighted by Gasteiger charge is 2.18. The minimum Gasteiger partial charge on any atom is -0.409 e. The molecule has 7 nitrogen and oxygen atoms in total. The Bertz CT molecular complexity index is 684. The number of aromatic nitrogens is 1. The van der Waals surface area contributed by atoms with Crippen LogP contribution in [0.5, 0.6) is 0 Å². The molecule has 0 spiro atoms. The van der Waals surface area contributed by atoms with E-state index >= 15 is 0 Å². The molecule has 0 aliphatic carbocycles. The topological polar surface area (TPSA) is 115 Å². The van der Waals surface area contributed by atoms with Crippen LogP contribution in [0.3, 0.4) is 0 Å². The highest BCUT2D eigenvalue weighted by Crippen LogP contribution is 2.36. The third-order valence-corrected chi connectivity index (χ3v) is 4.48. The maximum Gasteiger partial charge on any atom is 0.284 e. The van der Waals surface area contributed by atoms with Gasteiger partial charge in [0, 0.05) is 22.7 Å². The molecule has 0 amide bonds. The van der Waals surface area contributed by atoms with E-state index in [0.29, 0.717) is 10.5 Å². The molecule has 20 heavy (non-hydrogen) atoms. The molecule has 1 aromatic carbocycles.